The number of aromatic nitrogens is 3. The Morgan fingerprint density at radius 1 is 1.36 bits per heavy atom. The van der Waals surface area contributed by atoms with Crippen LogP contribution in [-0.4, -0.2) is 40.5 Å². The summed E-state index contributed by atoms with van der Waals surface area (Å²) in [5, 5.41) is 13.4. The van der Waals surface area contributed by atoms with Crippen molar-refractivity contribution in [2.45, 2.75) is 19.0 Å². The lowest BCUT2D eigenvalue weighted by atomic mass is 10.00. The van der Waals surface area contributed by atoms with Crippen LogP contribution in [0.2, 0.25) is 0 Å². The molecule has 0 radical (unpaired) electrons. The lowest BCUT2D eigenvalue weighted by molar-refractivity contribution is -0.137. The summed E-state index contributed by atoms with van der Waals surface area (Å²) in [6.45, 7) is 2.32. The van der Waals surface area contributed by atoms with Crippen LogP contribution in [0, 0.1) is 5.92 Å². The monoisotopic (exact) mass is 353 g/mol. The van der Waals surface area contributed by atoms with Crippen molar-refractivity contribution >= 4 is 5.91 Å². The molecule has 9 heteroatoms. The third-order valence-electron chi connectivity index (χ3n) is 4.13. The van der Waals surface area contributed by atoms with Crippen LogP contribution in [0.4, 0.5) is 13.2 Å². The minimum atomic E-state index is -4.51. The molecule has 1 aliphatic rings. The van der Waals surface area contributed by atoms with Crippen molar-refractivity contribution in [2.24, 2.45) is 5.92 Å². The van der Waals surface area contributed by atoms with E-state index in [1.807, 2.05) is 0 Å². The number of nitrogens with one attached hydrogen (secondary N) is 2. The zero-order chi connectivity index (χ0) is 17.9. The second kappa shape index (κ2) is 7.22. The second-order valence-electron chi connectivity index (χ2n) is 5.99. The zero-order valence-corrected chi connectivity index (χ0v) is 13.4. The number of benzene rings is 1. The van der Waals surface area contributed by atoms with E-state index in [0.717, 1.165) is 36.7 Å². The molecule has 1 amide bonds. The molecule has 0 bridgehead atoms. The van der Waals surface area contributed by atoms with Crippen LogP contribution in [0.15, 0.2) is 30.5 Å². The van der Waals surface area contributed by atoms with E-state index in [0.29, 0.717) is 12.5 Å². The molecule has 2 aromatic rings. The number of alkyl halides is 3. The fraction of sp³-hybridized carbons (Fsp3) is 0.438. The first-order valence-electron chi connectivity index (χ1n) is 8.03. The summed E-state index contributed by atoms with van der Waals surface area (Å²) in [5.74, 6) is -0.0972. The number of rotatable bonds is 4. The molecule has 2 N–H and O–H groups in total. The minimum absolute atomic E-state index is 0.0132. The summed E-state index contributed by atoms with van der Waals surface area (Å²) >= 11 is 0. The quantitative estimate of drug-likeness (QED) is 0.882. The smallest absolute Gasteiger partial charge is 0.350 e. The number of para-hydroxylation sites is 1. The number of halogens is 3. The number of hydrogen-bond acceptors (Lipinski definition) is 4. The molecule has 0 aliphatic carbocycles. The maximum absolute atomic E-state index is 13.1. The van der Waals surface area contributed by atoms with Gasteiger partial charge in [0.25, 0.3) is 5.91 Å². The largest absolute Gasteiger partial charge is 0.418 e. The standard InChI is InChI=1S/C16H18F3N5O/c17-16(18,19)12-5-1-2-6-14(12)24-10-13(22-23-24)15(25)21-9-11-4-3-7-20-8-11/h1-2,5-6,10-11,20H,3-4,7-9H2,(H,21,25). The van der Waals surface area contributed by atoms with Gasteiger partial charge in [0, 0.05) is 6.54 Å². The number of hydrogen-bond donors (Lipinski definition) is 2. The first-order chi connectivity index (χ1) is 11.9. The van der Waals surface area contributed by atoms with Gasteiger partial charge in [-0.3, -0.25) is 4.79 Å². The molecule has 1 saturated heterocycles. The molecule has 134 valence electrons. The molecule has 3 rings (SSSR count). The molecule has 1 aliphatic heterocycles. The van der Waals surface area contributed by atoms with Crippen molar-refractivity contribution in [2.75, 3.05) is 19.6 Å². The highest BCUT2D eigenvalue weighted by atomic mass is 19.4. The van der Waals surface area contributed by atoms with Crippen LogP contribution in [0.3, 0.4) is 0 Å². The van der Waals surface area contributed by atoms with Crippen molar-refractivity contribution in [3.63, 3.8) is 0 Å². The Morgan fingerprint density at radius 3 is 2.88 bits per heavy atom. The number of piperidine rings is 1. The first kappa shape index (κ1) is 17.4. The lowest BCUT2D eigenvalue weighted by Crippen LogP contribution is -2.38. The van der Waals surface area contributed by atoms with Crippen LogP contribution < -0.4 is 10.6 Å². The molecular formula is C16H18F3N5O. The van der Waals surface area contributed by atoms with Gasteiger partial charge >= 0.3 is 6.18 Å². The van der Waals surface area contributed by atoms with Gasteiger partial charge in [0.05, 0.1) is 17.4 Å². The summed E-state index contributed by atoms with van der Waals surface area (Å²) in [6.07, 6.45) is -1.22. The van der Waals surface area contributed by atoms with Crippen LogP contribution in [-0.2, 0) is 6.18 Å². The van der Waals surface area contributed by atoms with E-state index in [9.17, 15) is 18.0 Å². The first-order valence-corrected chi connectivity index (χ1v) is 8.03. The normalized spacial score (nSPS) is 18.1. The number of nitrogens with zero attached hydrogens (tertiary/aromatic N) is 3. The summed E-state index contributed by atoms with van der Waals surface area (Å²) < 4.78 is 40.2. The third-order valence-corrected chi connectivity index (χ3v) is 4.13. The molecular weight excluding hydrogens is 335 g/mol. The van der Waals surface area contributed by atoms with E-state index in [1.54, 1.807) is 0 Å². The summed E-state index contributed by atoms with van der Waals surface area (Å²) in [5.41, 5.74) is -1.01. The maximum atomic E-state index is 13.1. The summed E-state index contributed by atoms with van der Waals surface area (Å²) in [4.78, 5) is 12.1. The van der Waals surface area contributed by atoms with Gasteiger partial charge < -0.3 is 10.6 Å². The Labute approximate surface area is 142 Å². The summed E-state index contributed by atoms with van der Waals surface area (Å²) in [7, 11) is 0. The van der Waals surface area contributed by atoms with Crippen molar-refractivity contribution in [3.05, 3.63) is 41.7 Å². The Kier molecular flexibility index (Phi) is 5.03. The predicted octanol–water partition coefficient (Wildman–Crippen LogP) is 2.02. The minimum Gasteiger partial charge on any atom is -0.350 e. The Morgan fingerprint density at radius 2 is 2.16 bits per heavy atom. The average Bonchev–Trinajstić information content (AvgIpc) is 3.10. The lowest BCUT2D eigenvalue weighted by Gasteiger charge is -2.22. The number of amides is 1. The average molecular weight is 353 g/mol. The molecule has 0 spiro atoms. The third kappa shape index (κ3) is 4.16. The molecule has 1 atom stereocenters. The second-order valence-corrected chi connectivity index (χ2v) is 5.99. The van der Waals surface area contributed by atoms with Crippen molar-refractivity contribution in [1.82, 2.24) is 25.6 Å². The number of carbonyl (C=O) groups excluding carboxylic acids is 1. The van der Waals surface area contributed by atoms with E-state index < -0.39 is 17.6 Å². The van der Waals surface area contributed by atoms with E-state index in [1.165, 1.54) is 24.4 Å². The molecule has 6 nitrogen and oxygen atoms in total. The van der Waals surface area contributed by atoms with Gasteiger partial charge in [-0.15, -0.1) is 5.10 Å². The van der Waals surface area contributed by atoms with Gasteiger partial charge in [-0.05, 0) is 44.0 Å². The fourth-order valence-electron chi connectivity index (χ4n) is 2.82. The van der Waals surface area contributed by atoms with E-state index in [2.05, 4.69) is 20.9 Å². The molecule has 25 heavy (non-hydrogen) atoms. The van der Waals surface area contributed by atoms with E-state index >= 15 is 0 Å². The summed E-state index contributed by atoms with van der Waals surface area (Å²) in [6, 6.07) is 5.02. The van der Waals surface area contributed by atoms with Gasteiger partial charge in [-0.25, -0.2) is 4.68 Å². The Balaban J connectivity index is 1.71. The molecule has 1 aromatic heterocycles. The molecule has 1 aromatic carbocycles. The fourth-order valence-corrected chi connectivity index (χ4v) is 2.82. The Hall–Kier alpha value is -2.42. The maximum Gasteiger partial charge on any atom is 0.418 e. The van der Waals surface area contributed by atoms with Gasteiger partial charge in [0.15, 0.2) is 5.69 Å². The SMILES string of the molecule is O=C(NCC1CCCNC1)c1cn(-c2ccccc2C(F)(F)F)nn1. The van der Waals surface area contributed by atoms with Gasteiger partial charge in [0.1, 0.15) is 0 Å². The van der Waals surface area contributed by atoms with E-state index in [-0.39, 0.29) is 11.4 Å². The molecule has 1 unspecified atom stereocenters. The highest BCUT2D eigenvalue weighted by Gasteiger charge is 2.34. The number of carbonyl (C=O) groups is 1. The van der Waals surface area contributed by atoms with Gasteiger partial charge in [0.2, 0.25) is 0 Å². The van der Waals surface area contributed by atoms with Crippen LogP contribution >= 0.6 is 0 Å². The predicted molar refractivity (Wildman–Crippen MR) is 84.3 cm³/mol. The highest BCUT2D eigenvalue weighted by molar-refractivity contribution is 5.91. The topological polar surface area (TPSA) is 71.8 Å². The highest BCUT2D eigenvalue weighted by Crippen LogP contribution is 2.33. The van der Waals surface area contributed by atoms with Crippen LogP contribution in [0.1, 0.15) is 28.9 Å². The molecule has 1 fully saturated rings. The van der Waals surface area contributed by atoms with Crippen LogP contribution in [0.5, 0.6) is 0 Å². The van der Waals surface area contributed by atoms with Crippen molar-refractivity contribution in [1.29, 1.82) is 0 Å². The van der Waals surface area contributed by atoms with Crippen molar-refractivity contribution < 1.29 is 18.0 Å². The molecule has 2 heterocycles. The van der Waals surface area contributed by atoms with Crippen LogP contribution in [0.25, 0.3) is 5.69 Å². The molecule has 0 saturated carbocycles. The van der Waals surface area contributed by atoms with Gasteiger partial charge in [-0.2, -0.15) is 13.2 Å². The van der Waals surface area contributed by atoms with Crippen molar-refractivity contribution in [3.8, 4) is 5.69 Å². The Bertz CT molecular complexity index is 737. The zero-order valence-electron chi connectivity index (χ0n) is 13.4. The van der Waals surface area contributed by atoms with Gasteiger partial charge in [-0.1, -0.05) is 17.3 Å². The van der Waals surface area contributed by atoms with E-state index in [4.69, 9.17) is 0 Å².